The van der Waals surface area contributed by atoms with Crippen molar-refractivity contribution in [1.29, 1.82) is 0 Å². The maximum absolute atomic E-state index is 11.1. The van der Waals surface area contributed by atoms with Gasteiger partial charge in [0.15, 0.2) is 0 Å². The van der Waals surface area contributed by atoms with E-state index in [4.69, 9.17) is 5.11 Å². The SMILES string of the molecule is CC1(C)CC=C(c2cc3ccccc3s2)c2cc(C=Cc3ccc(C(=O)O)cc3)ccc21. The van der Waals surface area contributed by atoms with Crippen molar-refractivity contribution in [2.75, 3.05) is 0 Å². The van der Waals surface area contributed by atoms with Gasteiger partial charge in [-0.05, 0) is 75.4 Å². The number of allylic oxidation sites excluding steroid dienone is 1. The summed E-state index contributed by atoms with van der Waals surface area (Å²) in [7, 11) is 0. The van der Waals surface area contributed by atoms with Crippen LogP contribution in [0.3, 0.4) is 0 Å². The van der Waals surface area contributed by atoms with E-state index in [1.165, 1.54) is 31.7 Å². The molecule has 0 fully saturated rings. The van der Waals surface area contributed by atoms with Crippen LogP contribution in [0.4, 0.5) is 0 Å². The lowest BCUT2D eigenvalue weighted by Gasteiger charge is -2.32. The summed E-state index contributed by atoms with van der Waals surface area (Å²) in [5.41, 5.74) is 6.53. The summed E-state index contributed by atoms with van der Waals surface area (Å²) >= 11 is 1.85. The first-order chi connectivity index (χ1) is 15.4. The van der Waals surface area contributed by atoms with Crippen molar-refractivity contribution in [2.24, 2.45) is 0 Å². The average Bonchev–Trinajstić information content (AvgIpc) is 3.21. The minimum absolute atomic E-state index is 0.102. The Morgan fingerprint density at radius 3 is 2.41 bits per heavy atom. The van der Waals surface area contributed by atoms with Crippen LogP contribution in [0.15, 0.2) is 78.9 Å². The second kappa shape index (κ2) is 7.92. The van der Waals surface area contributed by atoms with Crippen molar-refractivity contribution in [1.82, 2.24) is 0 Å². The summed E-state index contributed by atoms with van der Waals surface area (Å²) in [6, 6.07) is 24.5. The molecular weight excluding hydrogens is 412 g/mol. The number of benzene rings is 3. The van der Waals surface area contributed by atoms with Crippen LogP contribution in [-0.2, 0) is 5.41 Å². The Balaban J connectivity index is 1.52. The molecule has 3 heteroatoms. The first-order valence-electron chi connectivity index (χ1n) is 10.8. The van der Waals surface area contributed by atoms with E-state index in [9.17, 15) is 4.79 Å². The number of hydrogen-bond donors (Lipinski definition) is 1. The molecule has 4 aromatic rings. The number of carbonyl (C=O) groups is 1. The van der Waals surface area contributed by atoms with E-state index < -0.39 is 5.97 Å². The number of carboxylic acid groups (broad SMARTS) is 1. The maximum Gasteiger partial charge on any atom is 0.335 e. The zero-order chi connectivity index (χ0) is 22.3. The van der Waals surface area contributed by atoms with E-state index in [1.807, 2.05) is 29.5 Å². The van der Waals surface area contributed by atoms with E-state index in [-0.39, 0.29) is 5.41 Å². The minimum Gasteiger partial charge on any atom is -0.478 e. The fourth-order valence-corrected chi connectivity index (χ4v) is 5.45. The monoisotopic (exact) mass is 436 g/mol. The molecule has 2 nitrogen and oxygen atoms in total. The highest BCUT2D eigenvalue weighted by molar-refractivity contribution is 7.20. The molecule has 0 saturated carbocycles. The number of carboxylic acids is 1. The Morgan fingerprint density at radius 1 is 0.938 bits per heavy atom. The predicted molar refractivity (Wildman–Crippen MR) is 135 cm³/mol. The minimum atomic E-state index is -0.904. The highest BCUT2D eigenvalue weighted by Gasteiger charge is 2.29. The van der Waals surface area contributed by atoms with Crippen LogP contribution in [0.25, 0.3) is 27.8 Å². The Hall–Kier alpha value is -3.43. The Bertz CT molecular complexity index is 1350. The predicted octanol–water partition coefficient (Wildman–Crippen LogP) is 7.88. The van der Waals surface area contributed by atoms with E-state index in [0.29, 0.717) is 5.56 Å². The molecule has 32 heavy (non-hydrogen) atoms. The van der Waals surface area contributed by atoms with E-state index in [2.05, 4.69) is 74.5 Å². The first-order valence-corrected chi connectivity index (χ1v) is 11.6. The standard InChI is InChI=1S/C29H24O2S/c1-29(2)16-15-23(27-18-22-5-3-4-6-26(22)32-27)24-17-20(11-14-25(24)29)8-7-19-9-12-21(13-10-19)28(30)31/h3-15,17-18H,16H2,1-2H3,(H,30,31). The summed E-state index contributed by atoms with van der Waals surface area (Å²) < 4.78 is 1.32. The van der Waals surface area contributed by atoms with Gasteiger partial charge >= 0.3 is 5.97 Å². The van der Waals surface area contributed by atoms with Gasteiger partial charge in [0.05, 0.1) is 5.56 Å². The van der Waals surface area contributed by atoms with Crippen molar-refractivity contribution in [2.45, 2.75) is 25.7 Å². The highest BCUT2D eigenvalue weighted by Crippen LogP contribution is 2.44. The van der Waals surface area contributed by atoms with E-state index >= 15 is 0 Å². The number of fused-ring (bicyclic) bond motifs is 2. The van der Waals surface area contributed by atoms with Crippen molar-refractivity contribution < 1.29 is 9.90 Å². The summed E-state index contributed by atoms with van der Waals surface area (Å²) in [6.45, 7) is 4.62. The van der Waals surface area contributed by atoms with Gasteiger partial charge in [0.2, 0.25) is 0 Å². The molecule has 0 amide bonds. The molecule has 1 aliphatic rings. The van der Waals surface area contributed by atoms with Crippen LogP contribution in [-0.4, -0.2) is 11.1 Å². The highest BCUT2D eigenvalue weighted by atomic mass is 32.1. The molecule has 1 N–H and O–H groups in total. The molecular formula is C29H24O2S. The Kier molecular flexibility index (Phi) is 5.07. The lowest BCUT2D eigenvalue weighted by molar-refractivity contribution is 0.0697. The maximum atomic E-state index is 11.1. The summed E-state index contributed by atoms with van der Waals surface area (Å²) in [6.07, 6.45) is 7.55. The summed E-state index contributed by atoms with van der Waals surface area (Å²) in [5, 5.41) is 10.4. The molecule has 0 radical (unpaired) electrons. The first kappa shape index (κ1) is 20.5. The quantitative estimate of drug-likeness (QED) is 0.330. The third-order valence-corrected chi connectivity index (χ3v) is 7.35. The van der Waals surface area contributed by atoms with Gasteiger partial charge in [-0.25, -0.2) is 4.79 Å². The van der Waals surface area contributed by atoms with Gasteiger partial charge in [-0.15, -0.1) is 11.3 Å². The van der Waals surface area contributed by atoms with Crippen molar-refractivity contribution in [3.63, 3.8) is 0 Å². The number of hydrogen-bond acceptors (Lipinski definition) is 2. The molecule has 1 aromatic heterocycles. The van der Waals surface area contributed by atoms with Gasteiger partial charge in [0, 0.05) is 9.58 Å². The normalized spacial score (nSPS) is 15.0. The van der Waals surface area contributed by atoms with E-state index in [0.717, 1.165) is 17.5 Å². The van der Waals surface area contributed by atoms with Gasteiger partial charge in [0.25, 0.3) is 0 Å². The molecule has 0 aliphatic heterocycles. The molecule has 0 saturated heterocycles. The van der Waals surface area contributed by atoms with Crippen LogP contribution >= 0.6 is 11.3 Å². The lowest BCUT2D eigenvalue weighted by Crippen LogP contribution is -2.21. The van der Waals surface area contributed by atoms with Crippen LogP contribution in [0, 0.1) is 0 Å². The van der Waals surface area contributed by atoms with Crippen LogP contribution in [0.5, 0.6) is 0 Å². The largest absolute Gasteiger partial charge is 0.478 e. The van der Waals surface area contributed by atoms with Gasteiger partial charge in [-0.2, -0.15) is 0 Å². The van der Waals surface area contributed by atoms with Crippen LogP contribution < -0.4 is 0 Å². The second-order valence-electron chi connectivity index (χ2n) is 8.92. The van der Waals surface area contributed by atoms with E-state index in [1.54, 1.807) is 12.1 Å². The number of rotatable bonds is 4. The fourth-order valence-electron chi connectivity index (χ4n) is 4.33. The molecule has 1 aliphatic carbocycles. The Morgan fingerprint density at radius 2 is 1.66 bits per heavy atom. The zero-order valence-corrected chi connectivity index (χ0v) is 18.9. The van der Waals surface area contributed by atoms with Crippen molar-refractivity contribution >= 4 is 45.1 Å². The fraction of sp³-hybridized carbons (Fsp3) is 0.138. The molecule has 0 spiro atoms. The van der Waals surface area contributed by atoms with Crippen molar-refractivity contribution in [3.05, 3.63) is 112 Å². The molecule has 1 heterocycles. The molecule has 3 aromatic carbocycles. The average molecular weight is 437 g/mol. The lowest BCUT2D eigenvalue weighted by atomic mass is 9.72. The van der Waals surface area contributed by atoms with Gasteiger partial charge < -0.3 is 5.11 Å². The van der Waals surface area contributed by atoms with Crippen LogP contribution in [0.2, 0.25) is 0 Å². The second-order valence-corrected chi connectivity index (χ2v) is 10.0. The molecule has 5 rings (SSSR count). The van der Waals surface area contributed by atoms with Crippen molar-refractivity contribution in [3.8, 4) is 0 Å². The van der Waals surface area contributed by atoms with Gasteiger partial charge in [-0.1, -0.05) is 74.5 Å². The Labute approximate surface area is 192 Å². The summed E-state index contributed by atoms with van der Waals surface area (Å²) in [5.74, 6) is -0.904. The zero-order valence-electron chi connectivity index (χ0n) is 18.1. The molecule has 0 bridgehead atoms. The van der Waals surface area contributed by atoms with Gasteiger partial charge in [-0.3, -0.25) is 0 Å². The number of aromatic carboxylic acids is 1. The third kappa shape index (κ3) is 3.80. The topological polar surface area (TPSA) is 37.3 Å². The number of thiophene rings is 1. The third-order valence-electron chi connectivity index (χ3n) is 6.20. The van der Waals surface area contributed by atoms with Crippen LogP contribution in [0.1, 0.15) is 57.8 Å². The van der Waals surface area contributed by atoms with Gasteiger partial charge in [0.1, 0.15) is 0 Å². The molecule has 0 unspecified atom stereocenters. The molecule has 0 atom stereocenters. The molecule has 158 valence electrons. The summed E-state index contributed by atoms with van der Waals surface area (Å²) in [4.78, 5) is 12.4. The smallest absolute Gasteiger partial charge is 0.335 e.